The Morgan fingerprint density at radius 2 is 2.10 bits per heavy atom. The van der Waals surface area contributed by atoms with Crippen molar-refractivity contribution in [2.24, 2.45) is 0 Å². The lowest BCUT2D eigenvalue weighted by Crippen LogP contribution is -1.98. The predicted octanol–water partition coefficient (Wildman–Crippen LogP) is 1.94. The Balaban J connectivity index is 4.04. The second-order valence-electron chi connectivity index (χ2n) is 1.71. The van der Waals surface area contributed by atoms with E-state index in [1.54, 1.807) is 0 Å². The molecule has 2 nitrogen and oxygen atoms in total. The van der Waals surface area contributed by atoms with Gasteiger partial charge in [-0.15, -0.1) is 0 Å². The minimum absolute atomic E-state index is 0.0232. The number of ether oxygens (including phenoxy) is 1. The Bertz CT molecular complexity index is 178. The Morgan fingerprint density at radius 3 is 2.40 bits per heavy atom. The van der Waals surface area contributed by atoms with Gasteiger partial charge in [0.15, 0.2) is 0 Å². The van der Waals surface area contributed by atoms with Crippen molar-refractivity contribution in [1.29, 1.82) is 0 Å². The quantitative estimate of drug-likeness (QED) is 0.336. The standard InChI is InChI=1S/C7H9FO2/c1-4-7(9)10-6(3)5(2)8/h4H,1H2,2-3H3. The number of hydrogen-bond acceptors (Lipinski definition) is 2. The number of esters is 1. The fraction of sp³-hybridized carbons (Fsp3) is 0.286. The van der Waals surface area contributed by atoms with Crippen molar-refractivity contribution >= 4 is 5.97 Å². The first-order valence-corrected chi connectivity index (χ1v) is 2.75. The zero-order chi connectivity index (χ0) is 8.15. The third-order valence-corrected chi connectivity index (χ3v) is 0.905. The Labute approximate surface area is 59.0 Å². The van der Waals surface area contributed by atoms with Gasteiger partial charge in [0.2, 0.25) is 0 Å². The van der Waals surface area contributed by atoms with E-state index in [9.17, 15) is 9.18 Å². The molecule has 0 spiro atoms. The fourth-order valence-electron chi connectivity index (χ4n) is 0.263. The minimum Gasteiger partial charge on any atom is -0.425 e. The predicted molar refractivity (Wildman–Crippen MR) is 35.8 cm³/mol. The molecule has 0 atom stereocenters. The fourth-order valence-corrected chi connectivity index (χ4v) is 0.263. The van der Waals surface area contributed by atoms with Crippen molar-refractivity contribution in [2.45, 2.75) is 13.8 Å². The van der Waals surface area contributed by atoms with E-state index in [2.05, 4.69) is 11.3 Å². The Hall–Kier alpha value is -1.12. The second kappa shape index (κ2) is 3.82. The van der Waals surface area contributed by atoms with Gasteiger partial charge < -0.3 is 4.74 Å². The molecule has 0 N–H and O–H groups in total. The molecule has 0 aliphatic rings. The van der Waals surface area contributed by atoms with E-state index in [0.717, 1.165) is 6.08 Å². The van der Waals surface area contributed by atoms with Crippen molar-refractivity contribution in [3.63, 3.8) is 0 Å². The van der Waals surface area contributed by atoms with Crippen LogP contribution in [0.5, 0.6) is 0 Å². The number of carbonyl (C=O) groups excluding carboxylic acids is 1. The monoisotopic (exact) mass is 144 g/mol. The van der Waals surface area contributed by atoms with Gasteiger partial charge >= 0.3 is 5.97 Å². The molecule has 0 saturated heterocycles. The zero-order valence-electron chi connectivity index (χ0n) is 5.98. The summed E-state index contributed by atoms with van der Waals surface area (Å²) in [5.74, 6) is -1.17. The Kier molecular flexibility index (Phi) is 3.39. The summed E-state index contributed by atoms with van der Waals surface area (Å²) < 4.78 is 16.6. The smallest absolute Gasteiger partial charge is 0.335 e. The molecule has 3 heteroatoms. The van der Waals surface area contributed by atoms with Gasteiger partial charge in [0.05, 0.1) is 0 Å². The molecular formula is C7H9FO2. The van der Waals surface area contributed by atoms with E-state index in [1.807, 2.05) is 0 Å². The molecule has 0 radical (unpaired) electrons. The van der Waals surface area contributed by atoms with E-state index >= 15 is 0 Å². The summed E-state index contributed by atoms with van der Waals surface area (Å²) in [6.07, 6.45) is 0.979. The van der Waals surface area contributed by atoms with Crippen molar-refractivity contribution in [3.05, 3.63) is 24.2 Å². The minimum atomic E-state index is -0.644. The topological polar surface area (TPSA) is 26.3 Å². The molecule has 0 rings (SSSR count). The first kappa shape index (κ1) is 8.88. The van der Waals surface area contributed by atoms with Crippen LogP contribution in [0, 0.1) is 0 Å². The molecule has 56 valence electrons. The summed E-state index contributed by atoms with van der Waals surface area (Å²) in [5, 5.41) is 0. The van der Waals surface area contributed by atoms with Gasteiger partial charge in [0.1, 0.15) is 11.6 Å². The van der Waals surface area contributed by atoms with Crippen LogP contribution in [-0.2, 0) is 9.53 Å². The average molecular weight is 144 g/mol. The van der Waals surface area contributed by atoms with Crippen LogP contribution >= 0.6 is 0 Å². The van der Waals surface area contributed by atoms with E-state index in [1.165, 1.54) is 13.8 Å². The van der Waals surface area contributed by atoms with Crippen LogP contribution < -0.4 is 0 Å². The van der Waals surface area contributed by atoms with Crippen molar-refractivity contribution in [1.82, 2.24) is 0 Å². The van der Waals surface area contributed by atoms with Crippen LogP contribution in [-0.4, -0.2) is 5.97 Å². The highest BCUT2D eigenvalue weighted by atomic mass is 19.1. The first-order chi connectivity index (χ1) is 4.57. The van der Waals surface area contributed by atoms with Gasteiger partial charge in [-0.2, -0.15) is 0 Å². The molecular weight excluding hydrogens is 135 g/mol. The van der Waals surface area contributed by atoms with E-state index in [0.29, 0.717) is 0 Å². The van der Waals surface area contributed by atoms with Gasteiger partial charge in [-0.25, -0.2) is 9.18 Å². The summed E-state index contributed by atoms with van der Waals surface area (Å²) in [6.45, 7) is 5.74. The normalized spacial score (nSPS) is 11.9. The van der Waals surface area contributed by atoms with Crippen molar-refractivity contribution in [2.75, 3.05) is 0 Å². The number of halogens is 1. The summed E-state index contributed by atoms with van der Waals surface area (Å²) >= 11 is 0. The lowest BCUT2D eigenvalue weighted by molar-refractivity contribution is -0.133. The molecule has 0 saturated carbocycles. The maximum atomic E-state index is 12.2. The summed E-state index contributed by atoms with van der Waals surface area (Å²) in [7, 11) is 0. The van der Waals surface area contributed by atoms with Crippen molar-refractivity contribution < 1.29 is 13.9 Å². The second-order valence-corrected chi connectivity index (χ2v) is 1.71. The van der Waals surface area contributed by atoms with Crippen LogP contribution in [0.3, 0.4) is 0 Å². The van der Waals surface area contributed by atoms with Gasteiger partial charge in [-0.3, -0.25) is 0 Å². The van der Waals surface area contributed by atoms with E-state index in [4.69, 9.17) is 0 Å². The van der Waals surface area contributed by atoms with Crippen LogP contribution in [0.15, 0.2) is 24.2 Å². The molecule has 0 aromatic carbocycles. The molecule has 0 fully saturated rings. The molecule has 0 aliphatic carbocycles. The number of allylic oxidation sites excluding steroid dienone is 2. The molecule has 0 heterocycles. The number of carbonyl (C=O) groups is 1. The van der Waals surface area contributed by atoms with Gasteiger partial charge in [0, 0.05) is 6.08 Å². The molecule has 0 aromatic rings. The molecule has 10 heavy (non-hydrogen) atoms. The van der Waals surface area contributed by atoms with Gasteiger partial charge in [-0.05, 0) is 13.8 Å². The maximum Gasteiger partial charge on any atom is 0.335 e. The highest BCUT2D eigenvalue weighted by Crippen LogP contribution is 2.05. The lowest BCUT2D eigenvalue weighted by Gasteiger charge is -1.99. The third-order valence-electron chi connectivity index (χ3n) is 0.905. The van der Waals surface area contributed by atoms with Gasteiger partial charge in [0.25, 0.3) is 0 Å². The summed E-state index contributed by atoms with van der Waals surface area (Å²) in [6, 6.07) is 0. The largest absolute Gasteiger partial charge is 0.425 e. The summed E-state index contributed by atoms with van der Waals surface area (Å²) in [5.41, 5.74) is 0. The van der Waals surface area contributed by atoms with Crippen LogP contribution in [0.2, 0.25) is 0 Å². The molecule has 0 amide bonds. The molecule has 0 aliphatic heterocycles. The summed E-state index contributed by atoms with van der Waals surface area (Å²) in [4.78, 5) is 10.4. The van der Waals surface area contributed by atoms with Crippen LogP contribution in [0.1, 0.15) is 13.8 Å². The third kappa shape index (κ3) is 3.02. The highest BCUT2D eigenvalue weighted by Gasteiger charge is 2.00. The maximum absolute atomic E-state index is 12.2. The van der Waals surface area contributed by atoms with Crippen LogP contribution in [0.4, 0.5) is 4.39 Å². The number of hydrogen-bond donors (Lipinski definition) is 0. The highest BCUT2D eigenvalue weighted by molar-refractivity contribution is 5.82. The van der Waals surface area contributed by atoms with E-state index in [-0.39, 0.29) is 5.76 Å². The lowest BCUT2D eigenvalue weighted by atomic mass is 10.5. The number of rotatable bonds is 2. The van der Waals surface area contributed by atoms with Crippen LogP contribution in [0.25, 0.3) is 0 Å². The zero-order valence-corrected chi connectivity index (χ0v) is 5.98. The average Bonchev–Trinajstić information content (AvgIpc) is 1.87. The molecule has 0 bridgehead atoms. The SMILES string of the molecule is C=CC(=O)OC(C)=C(C)F. The molecule has 0 unspecified atom stereocenters. The first-order valence-electron chi connectivity index (χ1n) is 2.75. The van der Waals surface area contributed by atoms with E-state index < -0.39 is 11.8 Å². The van der Waals surface area contributed by atoms with Gasteiger partial charge in [-0.1, -0.05) is 6.58 Å². The van der Waals surface area contributed by atoms with Crippen molar-refractivity contribution in [3.8, 4) is 0 Å². The molecule has 0 aromatic heterocycles. The Morgan fingerprint density at radius 1 is 1.60 bits per heavy atom.